The fourth-order valence-electron chi connectivity index (χ4n) is 3.05. The third-order valence-corrected chi connectivity index (χ3v) is 4.45. The van der Waals surface area contributed by atoms with Crippen molar-refractivity contribution in [2.24, 2.45) is 11.8 Å². The SMILES string of the molecule is C=CCNC(=O)C1CCC(C(=O)NCCc2ccccc2)CC1. The molecule has 1 fully saturated rings. The van der Waals surface area contributed by atoms with Gasteiger partial charge in [-0.05, 0) is 37.7 Å². The van der Waals surface area contributed by atoms with Crippen LogP contribution in [0, 0.1) is 11.8 Å². The Hall–Kier alpha value is -2.10. The maximum atomic E-state index is 12.2. The maximum absolute atomic E-state index is 12.2. The predicted molar refractivity (Wildman–Crippen MR) is 91.8 cm³/mol. The molecule has 1 saturated carbocycles. The number of carbonyl (C=O) groups is 2. The van der Waals surface area contributed by atoms with Gasteiger partial charge in [0.15, 0.2) is 0 Å². The molecule has 2 rings (SSSR count). The van der Waals surface area contributed by atoms with E-state index in [9.17, 15) is 9.59 Å². The number of hydrogen-bond donors (Lipinski definition) is 2. The summed E-state index contributed by atoms with van der Waals surface area (Å²) in [6, 6.07) is 10.1. The van der Waals surface area contributed by atoms with Crippen LogP contribution in [-0.4, -0.2) is 24.9 Å². The van der Waals surface area contributed by atoms with Crippen molar-refractivity contribution in [3.05, 3.63) is 48.6 Å². The van der Waals surface area contributed by atoms with E-state index in [1.54, 1.807) is 6.08 Å². The lowest BCUT2D eigenvalue weighted by molar-refractivity contribution is -0.130. The molecule has 1 aliphatic rings. The highest BCUT2D eigenvalue weighted by atomic mass is 16.2. The monoisotopic (exact) mass is 314 g/mol. The summed E-state index contributed by atoms with van der Waals surface area (Å²) in [6.07, 6.45) is 5.71. The van der Waals surface area contributed by atoms with E-state index in [0.717, 1.165) is 32.1 Å². The molecule has 4 heteroatoms. The fraction of sp³-hybridized carbons (Fsp3) is 0.474. The van der Waals surface area contributed by atoms with Gasteiger partial charge in [0.25, 0.3) is 0 Å². The highest BCUT2D eigenvalue weighted by molar-refractivity contribution is 5.81. The van der Waals surface area contributed by atoms with Gasteiger partial charge in [0.05, 0.1) is 0 Å². The first-order valence-corrected chi connectivity index (χ1v) is 8.41. The molecule has 1 aliphatic carbocycles. The molecule has 2 amide bonds. The van der Waals surface area contributed by atoms with Crippen LogP contribution in [0.25, 0.3) is 0 Å². The van der Waals surface area contributed by atoms with Crippen molar-refractivity contribution >= 4 is 11.8 Å². The van der Waals surface area contributed by atoms with Crippen LogP contribution in [0.5, 0.6) is 0 Å². The van der Waals surface area contributed by atoms with Crippen molar-refractivity contribution in [1.29, 1.82) is 0 Å². The molecule has 0 spiro atoms. The molecule has 0 aliphatic heterocycles. The highest BCUT2D eigenvalue weighted by Crippen LogP contribution is 2.29. The predicted octanol–water partition coefficient (Wildman–Crippen LogP) is 2.45. The number of rotatable bonds is 7. The second kappa shape index (κ2) is 9.13. The van der Waals surface area contributed by atoms with Crippen LogP contribution in [0.2, 0.25) is 0 Å². The lowest BCUT2D eigenvalue weighted by atomic mass is 9.81. The van der Waals surface area contributed by atoms with E-state index in [4.69, 9.17) is 0 Å². The second-order valence-electron chi connectivity index (χ2n) is 6.11. The summed E-state index contributed by atoms with van der Waals surface area (Å²) in [5.41, 5.74) is 1.23. The second-order valence-corrected chi connectivity index (χ2v) is 6.11. The van der Waals surface area contributed by atoms with Crippen LogP contribution >= 0.6 is 0 Å². The molecule has 1 aromatic rings. The van der Waals surface area contributed by atoms with E-state index in [2.05, 4.69) is 29.3 Å². The Balaban J connectivity index is 1.67. The van der Waals surface area contributed by atoms with Gasteiger partial charge in [-0.2, -0.15) is 0 Å². The molecular formula is C19H26N2O2. The summed E-state index contributed by atoms with van der Waals surface area (Å²) < 4.78 is 0. The van der Waals surface area contributed by atoms with Crippen LogP contribution < -0.4 is 10.6 Å². The fourth-order valence-corrected chi connectivity index (χ4v) is 3.05. The molecule has 0 atom stereocenters. The topological polar surface area (TPSA) is 58.2 Å². The summed E-state index contributed by atoms with van der Waals surface area (Å²) in [4.78, 5) is 24.1. The van der Waals surface area contributed by atoms with Gasteiger partial charge < -0.3 is 10.6 Å². The average molecular weight is 314 g/mol. The zero-order chi connectivity index (χ0) is 16.5. The Bertz CT molecular complexity index is 519. The molecule has 0 bridgehead atoms. The molecule has 0 radical (unpaired) electrons. The van der Waals surface area contributed by atoms with Gasteiger partial charge in [-0.1, -0.05) is 36.4 Å². The zero-order valence-corrected chi connectivity index (χ0v) is 13.6. The van der Waals surface area contributed by atoms with Crippen LogP contribution in [-0.2, 0) is 16.0 Å². The van der Waals surface area contributed by atoms with Gasteiger partial charge in [0, 0.05) is 24.9 Å². The molecule has 0 saturated heterocycles. The largest absolute Gasteiger partial charge is 0.356 e. The van der Waals surface area contributed by atoms with Crippen LogP contribution in [0.3, 0.4) is 0 Å². The summed E-state index contributed by atoms with van der Waals surface area (Å²) >= 11 is 0. The van der Waals surface area contributed by atoms with Crippen LogP contribution in [0.4, 0.5) is 0 Å². The smallest absolute Gasteiger partial charge is 0.223 e. The summed E-state index contributed by atoms with van der Waals surface area (Å²) in [7, 11) is 0. The van der Waals surface area contributed by atoms with E-state index in [0.29, 0.717) is 13.1 Å². The van der Waals surface area contributed by atoms with E-state index < -0.39 is 0 Å². The quantitative estimate of drug-likeness (QED) is 0.760. The van der Waals surface area contributed by atoms with Crippen LogP contribution in [0.1, 0.15) is 31.2 Å². The minimum absolute atomic E-state index is 0.0447. The van der Waals surface area contributed by atoms with Crippen molar-refractivity contribution < 1.29 is 9.59 Å². The van der Waals surface area contributed by atoms with Gasteiger partial charge in [-0.25, -0.2) is 0 Å². The van der Waals surface area contributed by atoms with E-state index in [1.165, 1.54) is 5.56 Å². The molecule has 1 aromatic carbocycles. The van der Waals surface area contributed by atoms with Crippen LogP contribution in [0.15, 0.2) is 43.0 Å². The lowest BCUT2D eigenvalue weighted by Gasteiger charge is -2.27. The van der Waals surface area contributed by atoms with E-state index in [-0.39, 0.29) is 23.7 Å². The van der Waals surface area contributed by atoms with Crippen molar-refractivity contribution in [1.82, 2.24) is 10.6 Å². The highest BCUT2D eigenvalue weighted by Gasteiger charge is 2.29. The van der Waals surface area contributed by atoms with E-state index >= 15 is 0 Å². The number of carbonyl (C=O) groups excluding carboxylic acids is 2. The molecule has 0 aromatic heterocycles. The van der Waals surface area contributed by atoms with Gasteiger partial charge in [-0.3, -0.25) is 9.59 Å². The van der Waals surface area contributed by atoms with Gasteiger partial charge in [0.1, 0.15) is 0 Å². The minimum atomic E-state index is 0.0447. The summed E-state index contributed by atoms with van der Waals surface area (Å²) in [6.45, 7) is 4.78. The third-order valence-electron chi connectivity index (χ3n) is 4.45. The summed E-state index contributed by atoms with van der Waals surface area (Å²) in [5.74, 6) is 0.316. The van der Waals surface area contributed by atoms with Crippen molar-refractivity contribution in [2.45, 2.75) is 32.1 Å². The van der Waals surface area contributed by atoms with Gasteiger partial charge in [-0.15, -0.1) is 6.58 Å². The minimum Gasteiger partial charge on any atom is -0.356 e. The molecule has 0 heterocycles. The first-order chi connectivity index (χ1) is 11.2. The number of benzene rings is 1. The number of hydrogen-bond acceptors (Lipinski definition) is 2. The molecule has 2 N–H and O–H groups in total. The molecule has 4 nitrogen and oxygen atoms in total. The lowest BCUT2D eigenvalue weighted by Crippen LogP contribution is -2.38. The Morgan fingerprint density at radius 3 is 2.13 bits per heavy atom. The Kier molecular flexibility index (Phi) is 6.85. The molecule has 124 valence electrons. The number of amides is 2. The van der Waals surface area contributed by atoms with Gasteiger partial charge >= 0.3 is 0 Å². The molecule has 23 heavy (non-hydrogen) atoms. The standard InChI is InChI=1S/C19H26N2O2/c1-2-13-20-18(22)16-8-10-17(11-9-16)19(23)21-14-12-15-6-4-3-5-7-15/h2-7,16-17H,1,8-14H2,(H,20,22)(H,21,23). The first kappa shape index (κ1) is 17.3. The maximum Gasteiger partial charge on any atom is 0.223 e. The third kappa shape index (κ3) is 5.55. The first-order valence-electron chi connectivity index (χ1n) is 8.41. The van der Waals surface area contributed by atoms with E-state index in [1.807, 2.05) is 18.2 Å². The zero-order valence-electron chi connectivity index (χ0n) is 13.6. The molecule has 0 unspecified atom stereocenters. The summed E-state index contributed by atoms with van der Waals surface area (Å²) in [5, 5.41) is 5.87. The Labute approximate surface area is 138 Å². The van der Waals surface area contributed by atoms with Crippen molar-refractivity contribution in [3.63, 3.8) is 0 Å². The average Bonchev–Trinajstić information content (AvgIpc) is 2.60. The normalized spacial score (nSPS) is 20.5. The van der Waals surface area contributed by atoms with Crippen molar-refractivity contribution in [3.8, 4) is 0 Å². The van der Waals surface area contributed by atoms with Crippen molar-refractivity contribution in [2.75, 3.05) is 13.1 Å². The molecular weight excluding hydrogens is 288 g/mol. The Morgan fingerprint density at radius 2 is 1.57 bits per heavy atom. The number of nitrogens with one attached hydrogen (secondary N) is 2. The Morgan fingerprint density at radius 1 is 1.00 bits per heavy atom. The van der Waals surface area contributed by atoms with Gasteiger partial charge in [0.2, 0.25) is 11.8 Å².